The fraction of sp³-hybridized carbons (Fsp3) is 0.318. The number of amides is 1. The second-order valence-electron chi connectivity index (χ2n) is 6.20. The van der Waals surface area contributed by atoms with Crippen molar-refractivity contribution >= 4 is 18.1 Å². The normalized spacial score (nSPS) is 10.5. The maximum atomic E-state index is 12.0. The van der Waals surface area contributed by atoms with Gasteiger partial charge in [-0.15, -0.1) is 0 Å². The third-order valence-electron chi connectivity index (χ3n) is 3.99. The highest BCUT2D eigenvalue weighted by atomic mass is 16.5. The summed E-state index contributed by atoms with van der Waals surface area (Å²) in [5, 5.41) is 3.91. The van der Waals surface area contributed by atoms with E-state index in [-0.39, 0.29) is 6.61 Å². The maximum Gasteiger partial charge on any atom is 0.338 e. The van der Waals surface area contributed by atoms with Crippen molar-refractivity contribution in [3.8, 4) is 23.0 Å². The molecule has 0 atom stereocenters. The van der Waals surface area contributed by atoms with E-state index < -0.39 is 11.9 Å². The Morgan fingerprint density at radius 3 is 2.19 bits per heavy atom. The van der Waals surface area contributed by atoms with Gasteiger partial charge in [-0.05, 0) is 42.8 Å². The number of nitrogens with zero attached hydrogens (tertiary/aromatic N) is 1. The molecule has 0 spiro atoms. The fourth-order valence-corrected chi connectivity index (χ4v) is 2.50. The number of benzene rings is 2. The van der Waals surface area contributed by atoms with Crippen LogP contribution in [0.15, 0.2) is 41.5 Å². The minimum atomic E-state index is -0.449. The molecule has 166 valence electrons. The SMILES string of the molecule is CCCOC(=O)c1ccc(OCC(=O)N/N=C/c2cc(OC)c(OC)c(OC)c2)cc1. The van der Waals surface area contributed by atoms with E-state index in [1.165, 1.54) is 27.5 Å². The Labute approximate surface area is 180 Å². The van der Waals surface area contributed by atoms with Gasteiger partial charge in [0.2, 0.25) is 5.75 Å². The quantitative estimate of drug-likeness (QED) is 0.332. The maximum absolute atomic E-state index is 12.0. The van der Waals surface area contributed by atoms with E-state index in [1.807, 2.05) is 6.92 Å². The topological polar surface area (TPSA) is 105 Å². The molecule has 0 saturated carbocycles. The summed E-state index contributed by atoms with van der Waals surface area (Å²) in [6.45, 7) is 2.05. The van der Waals surface area contributed by atoms with Crippen molar-refractivity contribution in [2.75, 3.05) is 34.5 Å². The standard InChI is InChI=1S/C22H26N2O7/c1-5-10-30-22(26)16-6-8-17(9-7-16)31-14-20(25)24-23-13-15-11-18(27-2)21(29-4)19(12-15)28-3/h6-9,11-13H,5,10,14H2,1-4H3,(H,24,25)/b23-13+. The number of esters is 1. The van der Waals surface area contributed by atoms with Crippen LogP contribution in [0.4, 0.5) is 0 Å². The first-order valence-corrected chi connectivity index (χ1v) is 9.54. The van der Waals surface area contributed by atoms with Crippen LogP contribution in [0.1, 0.15) is 29.3 Å². The number of ether oxygens (including phenoxy) is 5. The Morgan fingerprint density at radius 1 is 1.00 bits per heavy atom. The molecule has 0 aliphatic heterocycles. The largest absolute Gasteiger partial charge is 0.493 e. The zero-order valence-electron chi connectivity index (χ0n) is 18.0. The Kier molecular flexibility index (Phi) is 9.15. The summed E-state index contributed by atoms with van der Waals surface area (Å²) in [4.78, 5) is 23.7. The highest BCUT2D eigenvalue weighted by Gasteiger charge is 2.12. The molecule has 0 radical (unpaired) electrons. The van der Waals surface area contributed by atoms with E-state index >= 15 is 0 Å². The van der Waals surface area contributed by atoms with Gasteiger partial charge in [-0.1, -0.05) is 6.92 Å². The van der Waals surface area contributed by atoms with Gasteiger partial charge in [0.1, 0.15) is 5.75 Å². The number of hydrazone groups is 1. The molecule has 1 N–H and O–H groups in total. The monoisotopic (exact) mass is 430 g/mol. The zero-order chi connectivity index (χ0) is 22.6. The van der Waals surface area contributed by atoms with Crippen molar-refractivity contribution in [3.63, 3.8) is 0 Å². The minimum Gasteiger partial charge on any atom is -0.493 e. The molecule has 9 nitrogen and oxygen atoms in total. The van der Waals surface area contributed by atoms with Crippen LogP contribution in [0.2, 0.25) is 0 Å². The molecule has 31 heavy (non-hydrogen) atoms. The van der Waals surface area contributed by atoms with Crippen molar-refractivity contribution in [1.29, 1.82) is 0 Å². The molecular formula is C22H26N2O7. The fourth-order valence-electron chi connectivity index (χ4n) is 2.50. The molecule has 0 bridgehead atoms. The van der Waals surface area contributed by atoms with E-state index in [0.29, 0.717) is 40.7 Å². The predicted octanol–water partition coefficient (Wildman–Crippen LogP) is 2.81. The van der Waals surface area contributed by atoms with Crippen LogP contribution >= 0.6 is 0 Å². The molecule has 2 aromatic rings. The second kappa shape index (κ2) is 12.1. The molecule has 0 aliphatic carbocycles. The Bertz CT molecular complexity index is 886. The molecule has 2 aromatic carbocycles. The molecule has 9 heteroatoms. The number of methoxy groups -OCH3 is 3. The minimum absolute atomic E-state index is 0.244. The highest BCUT2D eigenvalue weighted by Crippen LogP contribution is 2.37. The molecule has 2 rings (SSSR count). The van der Waals surface area contributed by atoms with Crippen molar-refractivity contribution in [2.24, 2.45) is 5.10 Å². The number of carbonyl (C=O) groups is 2. The van der Waals surface area contributed by atoms with E-state index in [9.17, 15) is 9.59 Å². The molecule has 0 aliphatic rings. The average Bonchev–Trinajstić information content (AvgIpc) is 2.80. The van der Waals surface area contributed by atoms with Crippen LogP contribution in [0.5, 0.6) is 23.0 Å². The third kappa shape index (κ3) is 6.91. The van der Waals surface area contributed by atoms with Crippen molar-refractivity contribution in [2.45, 2.75) is 13.3 Å². The summed E-state index contributed by atoms with van der Waals surface area (Å²) in [6.07, 6.45) is 2.20. The number of hydrogen-bond acceptors (Lipinski definition) is 8. The summed E-state index contributed by atoms with van der Waals surface area (Å²) >= 11 is 0. The lowest BCUT2D eigenvalue weighted by atomic mass is 10.2. The number of hydrogen-bond donors (Lipinski definition) is 1. The Morgan fingerprint density at radius 2 is 1.65 bits per heavy atom. The van der Waals surface area contributed by atoms with Crippen LogP contribution in [0.3, 0.4) is 0 Å². The smallest absolute Gasteiger partial charge is 0.338 e. The van der Waals surface area contributed by atoms with Gasteiger partial charge in [0.05, 0.1) is 39.7 Å². The number of carbonyl (C=O) groups excluding carboxylic acids is 2. The molecule has 0 unspecified atom stereocenters. The lowest BCUT2D eigenvalue weighted by Gasteiger charge is -2.12. The van der Waals surface area contributed by atoms with E-state index in [4.69, 9.17) is 23.7 Å². The van der Waals surface area contributed by atoms with Gasteiger partial charge in [-0.2, -0.15) is 5.10 Å². The predicted molar refractivity (Wildman–Crippen MR) is 114 cm³/mol. The van der Waals surface area contributed by atoms with Crippen LogP contribution in [0, 0.1) is 0 Å². The number of rotatable bonds is 11. The summed E-state index contributed by atoms with van der Waals surface area (Å²) in [6, 6.07) is 9.73. The summed E-state index contributed by atoms with van der Waals surface area (Å²) in [5.41, 5.74) is 3.43. The Hall–Kier alpha value is -3.75. The molecule has 0 fully saturated rings. The lowest BCUT2D eigenvalue weighted by molar-refractivity contribution is -0.123. The van der Waals surface area contributed by atoms with Crippen LogP contribution < -0.4 is 24.4 Å². The molecular weight excluding hydrogens is 404 g/mol. The second-order valence-corrected chi connectivity index (χ2v) is 6.20. The molecule has 0 saturated heterocycles. The average molecular weight is 430 g/mol. The van der Waals surface area contributed by atoms with Crippen LogP contribution in [0.25, 0.3) is 0 Å². The summed E-state index contributed by atoms with van der Waals surface area (Å²) < 4.78 is 26.3. The van der Waals surface area contributed by atoms with E-state index in [2.05, 4.69) is 10.5 Å². The summed E-state index contributed by atoms with van der Waals surface area (Å²) in [5.74, 6) is 1.00. The van der Waals surface area contributed by atoms with Gasteiger partial charge < -0.3 is 23.7 Å². The molecule has 1 amide bonds. The number of nitrogens with one attached hydrogen (secondary N) is 1. The summed E-state index contributed by atoms with van der Waals surface area (Å²) in [7, 11) is 4.54. The molecule has 0 heterocycles. The van der Waals surface area contributed by atoms with Crippen molar-refractivity contribution < 1.29 is 33.3 Å². The first-order valence-electron chi connectivity index (χ1n) is 9.54. The van der Waals surface area contributed by atoms with Gasteiger partial charge in [0.25, 0.3) is 5.91 Å². The van der Waals surface area contributed by atoms with Crippen molar-refractivity contribution in [1.82, 2.24) is 5.43 Å². The first-order chi connectivity index (χ1) is 15.0. The van der Waals surface area contributed by atoms with E-state index in [0.717, 1.165) is 6.42 Å². The van der Waals surface area contributed by atoms with Gasteiger partial charge in [0.15, 0.2) is 18.1 Å². The zero-order valence-corrected chi connectivity index (χ0v) is 18.0. The first kappa shape index (κ1) is 23.5. The third-order valence-corrected chi connectivity index (χ3v) is 3.99. The van der Waals surface area contributed by atoms with Crippen LogP contribution in [-0.2, 0) is 9.53 Å². The lowest BCUT2D eigenvalue weighted by Crippen LogP contribution is -2.24. The highest BCUT2D eigenvalue weighted by molar-refractivity contribution is 5.89. The van der Waals surface area contributed by atoms with Gasteiger partial charge in [0, 0.05) is 5.56 Å². The van der Waals surface area contributed by atoms with Gasteiger partial charge in [-0.3, -0.25) is 4.79 Å². The van der Waals surface area contributed by atoms with Crippen molar-refractivity contribution in [3.05, 3.63) is 47.5 Å². The Balaban J connectivity index is 1.88. The van der Waals surface area contributed by atoms with E-state index in [1.54, 1.807) is 36.4 Å². The van der Waals surface area contributed by atoms with Gasteiger partial charge >= 0.3 is 5.97 Å². The van der Waals surface area contributed by atoms with Crippen LogP contribution in [-0.4, -0.2) is 52.6 Å². The molecule has 0 aromatic heterocycles. The van der Waals surface area contributed by atoms with Gasteiger partial charge in [-0.25, -0.2) is 10.2 Å².